The lowest BCUT2D eigenvalue weighted by Gasteiger charge is -2.31. The molecule has 0 atom stereocenters. The summed E-state index contributed by atoms with van der Waals surface area (Å²) in [6, 6.07) is 28.6. The fraction of sp³-hybridized carbons (Fsp3) is 0.273. The Bertz CT molecular complexity index is 1540. The molecule has 4 nitrogen and oxygen atoms in total. The first-order valence-corrected chi connectivity index (χ1v) is 14.4. The van der Waals surface area contributed by atoms with Gasteiger partial charge in [0.2, 0.25) is 5.95 Å². The molecule has 0 unspecified atom stereocenters. The van der Waals surface area contributed by atoms with E-state index in [4.69, 9.17) is 4.98 Å². The third-order valence-corrected chi connectivity index (χ3v) is 8.43. The van der Waals surface area contributed by atoms with Gasteiger partial charge in [0, 0.05) is 39.7 Å². The lowest BCUT2D eigenvalue weighted by molar-refractivity contribution is 0.194. The van der Waals surface area contributed by atoms with Crippen molar-refractivity contribution in [2.75, 3.05) is 18.9 Å². The number of fused-ring (bicyclic) bond motifs is 3. The van der Waals surface area contributed by atoms with Gasteiger partial charge >= 0.3 is 0 Å². The van der Waals surface area contributed by atoms with Gasteiger partial charge in [0.15, 0.2) is 0 Å². The zero-order valence-corrected chi connectivity index (χ0v) is 23.4. The maximum atomic E-state index is 4.94. The number of nitrogens with zero attached hydrogens (tertiary/aromatic N) is 3. The van der Waals surface area contributed by atoms with Gasteiger partial charge in [0.1, 0.15) is 0 Å². The highest BCUT2D eigenvalue weighted by molar-refractivity contribution is 9.10. The molecule has 0 bridgehead atoms. The van der Waals surface area contributed by atoms with E-state index < -0.39 is 0 Å². The molecule has 0 amide bonds. The zero-order chi connectivity index (χ0) is 25.9. The molecule has 1 aliphatic carbocycles. The molecule has 5 aromatic rings. The third-order valence-electron chi connectivity index (χ3n) is 7.91. The Morgan fingerprint density at radius 3 is 2.39 bits per heavy atom. The quantitative estimate of drug-likeness (QED) is 0.200. The van der Waals surface area contributed by atoms with E-state index in [0.29, 0.717) is 5.95 Å². The summed E-state index contributed by atoms with van der Waals surface area (Å²) in [5.74, 6) is 0.615. The van der Waals surface area contributed by atoms with Crippen LogP contribution in [-0.4, -0.2) is 34.5 Å². The summed E-state index contributed by atoms with van der Waals surface area (Å²) < 4.78 is 1.07. The third kappa shape index (κ3) is 5.45. The summed E-state index contributed by atoms with van der Waals surface area (Å²) in [6.07, 6.45) is 9.88. The number of rotatable bonds is 7. The number of benzene rings is 4. The number of halogens is 1. The molecular formula is C33H33BrN4. The van der Waals surface area contributed by atoms with Crippen LogP contribution in [0.1, 0.15) is 37.7 Å². The SMILES string of the molecule is CN(CCc1ccc(Nc2ncc3cc(-c4ccc(Br)cc4)c4ccccc4c3n2)cc1)C1CCCCC1. The average molecular weight is 566 g/mol. The smallest absolute Gasteiger partial charge is 0.227 e. The molecule has 38 heavy (non-hydrogen) atoms. The summed E-state index contributed by atoms with van der Waals surface area (Å²) in [4.78, 5) is 12.2. The topological polar surface area (TPSA) is 41.0 Å². The van der Waals surface area contributed by atoms with E-state index in [-0.39, 0.29) is 0 Å². The average Bonchev–Trinajstić information content (AvgIpc) is 2.97. The molecule has 0 spiro atoms. The molecule has 1 aromatic heterocycles. The predicted molar refractivity (Wildman–Crippen MR) is 163 cm³/mol. The molecule has 1 saturated carbocycles. The second kappa shape index (κ2) is 11.2. The van der Waals surface area contributed by atoms with Gasteiger partial charge in [-0.15, -0.1) is 0 Å². The molecule has 0 radical (unpaired) electrons. The van der Waals surface area contributed by atoms with Crippen molar-refractivity contribution < 1.29 is 0 Å². The molecule has 192 valence electrons. The second-order valence-corrected chi connectivity index (χ2v) is 11.4. The maximum absolute atomic E-state index is 4.94. The summed E-state index contributed by atoms with van der Waals surface area (Å²) >= 11 is 3.55. The Labute approximate surface area is 233 Å². The van der Waals surface area contributed by atoms with Crippen molar-refractivity contribution in [2.45, 2.75) is 44.6 Å². The van der Waals surface area contributed by atoms with E-state index in [1.165, 1.54) is 54.2 Å². The first-order valence-electron chi connectivity index (χ1n) is 13.6. The van der Waals surface area contributed by atoms with Crippen LogP contribution in [0.3, 0.4) is 0 Å². The second-order valence-electron chi connectivity index (χ2n) is 10.5. The van der Waals surface area contributed by atoms with Crippen molar-refractivity contribution in [1.29, 1.82) is 0 Å². The van der Waals surface area contributed by atoms with E-state index in [0.717, 1.165) is 45.5 Å². The molecule has 4 aromatic carbocycles. The number of likely N-dealkylation sites (N-methyl/N-ethyl adjacent to an activating group) is 1. The van der Waals surface area contributed by atoms with Crippen LogP contribution in [-0.2, 0) is 6.42 Å². The molecule has 1 N–H and O–H groups in total. The fourth-order valence-corrected chi connectivity index (χ4v) is 5.96. The molecule has 1 fully saturated rings. The van der Waals surface area contributed by atoms with Crippen molar-refractivity contribution in [3.8, 4) is 11.1 Å². The molecule has 0 saturated heterocycles. The monoisotopic (exact) mass is 564 g/mol. The molecule has 1 heterocycles. The highest BCUT2D eigenvalue weighted by atomic mass is 79.9. The summed E-state index contributed by atoms with van der Waals surface area (Å²) in [5, 5.41) is 6.77. The Kier molecular flexibility index (Phi) is 7.39. The molecule has 0 aliphatic heterocycles. The Morgan fingerprint density at radius 1 is 0.895 bits per heavy atom. The van der Waals surface area contributed by atoms with Crippen LogP contribution in [0.4, 0.5) is 11.6 Å². The lowest BCUT2D eigenvalue weighted by atomic mass is 9.94. The number of nitrogens with one attached hydrogen (secondary N) is 1. The molecule has 1 aliphatic rings. The Hall–Kier alpha value is -3.28. The van der Waals surface area contributed by atoms with E-state index >= 15 is 0 Å². The number of hydrogen-bond acceptors (Lipinski definition) is 4. The highest BCUT2D eigenvalue weighted by Gasteiger charge is 2.17. The van der Waals surface area contributed by atoms with E-state index in [2.05, 4.69) is 117 Å². The molecule has 6 rings (SSSR count). The first-order chi connectivity index (χ1) is 18.6. The van der Waals surface area contributed by atoms with Crippen LogP contribution in [0.15, 0.2) is 89.5 Å². The zero-order valence-electron chi connectivity index (χ0n) is 21.8. The van der Waals surface area contributed by atoms with Crippen LogP contribution in [0.25, 0.3) is 32.8 Å². The van der Waals surface area contributed by atoms with Crippen LogP contribution in [0.5, 0.6) is 0 Å². The minimum Gasteiger partial charge on any atom is -0.324 e. The van der Waals surface area contributed by atoms with Crippen molar-refractivity contribution in [3.05, 3.63) is 95.1 Å². The number of hydrogen-bond donors (Lipinski definition) is 1. The normalized spacial score (nSPS) is 14.4. The fourth-order valence-electron chi connectivity index (χ4n) is 5.69. The Balaban J connectivity index is 1.21. The van der Waals surface area contributed by atoms with Crippen molar-refractivity contribution >= 4 is 49.2 Å². The van der Waals surface area contributed by atoms with Gasteiger partial charge in [-0.1, -0.05) is 83.7 Å². The van der Waals surface area contributed by atoms with Gasteiger partial charge in [-0.3, -0.25) is 0 Å². The van der Waals surface area contributed by atoms with Gasteiger partial charge in [-0.2, -0.15) is 0 Å². The molecule has 5 heteroatoms. The van der Waals surface area contributed by atoms with E-state index in [1.54, 1.807) is 0 Å². The van der Waals surface area contributed by atoms with Crippen LogP contribution in [0, 0.1) is 0 Å². The summed E-state index contributed by atoms with van der Waals surface area (Å²) in [7, 11) is 2.29. The number of anilines is 2. The summed E-state index contributed by atoms with van der Waals surface area (Å²) in [5.41, 5.74) is 5.70. The van der Waals surface area contributed by atoms with Crippen LogP contribution >= 0.6 is 15.9 Å². The minimum absolute atomic E-state index is 0.615. The van der Waals surface area contributed by atoms with Crippen LogP contribution in [0.2, 0.25) is 0 Å². The van der Waals surface area contributed by atoms with Gasteiger partial charge in [-0.25, -0.2) is 9.97 Å². The van der Waals surface area contributed by atoms with Gasteiger partial charge in [0.05, 0.1) is 5.52 Å². The van der Waals surface area contributed by atoms with E-state index in [9.17, 15) is 0 Å². The van der Waals surface area contributed by atoms with E-state index in [1.807, 2.05) is 6.20 Å². The minimum atomic E-state index is 0.615. The molecular weight excluding hydrogens is 532 g/mol. The van der Waals surface area contributed by atoms with Gasteiger partial charge in [0.25, 0.3) is 0 Å². The maximum Gasteiger partial charge on any atom is 0.227 e. The van der Waals surface area contributed by atoms with Crippen molar-refractivity contribution in [2.24, 2.45) is 0 Å². The highest BCUT2D eigenvalue weighted by Crippen LogP contribution is 2.35. The predicted octanol–water partition coefficient (Wildman–Crippen LogP) is 8.76. The largest absolute Gasteiger partial charge is 0.324 e. The standard InChI is InChI=1S/C33H33BrN4/c1-38(28-7-3-2-4-8-28)20-19-23-11-17-27(18-12-23)36-33-35-22-25-21-31(24-13-15-26(34)16-14-24)29-9-5-6-10-30(29)32(25)37-33/h5-6,9-18,21-22,28H,2-4,7-8,19-20H2,1H3,(H,35,36,37). The van der Waals surface area contributed by atoms with Crippen molar-refractivity contribution in [1.82, 2.24) is 14.9 Å². The van der Waals surface area contributed by atoms with Gasteiger partial charge in [-0.05, 0) is 78.7 Å². The number of aromatic nitrogens is 2. The first kappa shape index (κ1) is 25.0. The van der Waals surface area contributed by atoms with Crippen LogP contribution < -0.4 is 5.32 Å². The summed E-state index contributed by atoms with van der Waals surface area (Å²) in [6.45, 7) is 1.11. The van der Waals surface area contributed by atoms with Gasteiger partial charge < -0.3 is 10.2 Å². The lowest BCUT2D eigenvalue weighted by Crippen LogP contribution is -2.34. The van der Waals surface area contributed by atoms with Crippen molar-refractivity contribution in [3.63, 3.8) is 0 Å². The Morgan fingerprint density at radius 2 is 1.63 bits per heavy atom.